The molecule has 1 aliphatic carbocycles. The summed E-state index contributed by atoms with van der Waals surface area (Å²) in [4.78, 5) is 23.8. The molecule has 0 spiro atoms. The molecular weight excluding hydrogens is 310 g/mol. The fourth-order valence-electron chi connectivity index (χ4n) is 1.92. The Labute approximate surface area is 120 Å². The van der Waals surface area contributed by atoms with Crippen molar-refractivity contribution in [1.29, 1.82) is 0 Å². The Morgan fingerprint density at radius 1 is 1.42 bits per heavy atom. The van der Waals surface area contributed by atoms with Crippen molar-refractivity contribution >= 4 is 27.8 Å². The summed E-state index contributed by atoms with van der Waals surface area (Å²) in [5.74, 6) is -0.632. The summed E-state index contributed by atoms with van der Waals surface area (Å²) in [6, 6.07) is 7.69. The highest BCUT2D eigenvalue weighted by molar-refractivity contribution is 9.10. The van der Waals surface area contributed by atoms with E-state index in [1.807, 2.05) is 24.3 Å². The van der Waals surface area contributed by atoms with Crippen molar-refractivity contribution in [2.24, 2.45) is 5.41 Å². The minimum Gasteiger partial charge on any atom is -0.465 e. The predicted octanol–water partition coefficient (Wildman–Crippen LogP) is 2.41. The third-order valence-corrected chi connectivity index (χ3v) is 3.69. The number of nitrogens with one attached hydrogen (secondary N) is 1. The fourth-order valence-corrected chi connectivity index (χ4v) is 2.36. The van der Waals surface area contributed by atoms with Crippen LogP contribution in [0.2, 0.25) is 0 Å². The van der Waals surface area contributed by atoms with Crippen LogP contribution < -0.4 is 5.32 Å². The molecule has 5 heteroatoms. The first-order valence-electron chi connectivity index (χ1n) is 6.28. The van der Waals surface area contributed by atoms with Gasteiger partial charge in [0.15, 0.2) is 0 Å². The molecule has 0 radical (unpaired) electrons. The second-order valence-electron chi connectivity index (χ2n) is 4.62. The zero-order valence-corrected chi connectivity index (χ0v) is 12.3. The van der Waals surface area contributed by atoms with E-state index < -0.39 is 11.4 Å². The summed E-state index contributed by atoms with van der Waals surface area (Å²) >= 11 is 3.38. The van der Waals surface area contributed by atoms with Gasteiger partial charge in [0.1, 0.15) is 5.41 Å². The Kier molecular flexibility index (Phi) is 4.24. The molecule has 0 aromatic heterocycles. The number of esters is 1. The van der Waals surface area contributed by atoms with Gasteiger partial charge in [0.2, 0.25) is 5.91 Å². The Balaban J connectivity index is 1.93. The second-order valence-corrected chi connectivity index (χ2v) is 5.53. The lowest BCUT2D eigenvalue weighted by atomic mass is 10.1. The third kappa shape index (κ3) is 3.15. The van der Waals surface area contributed by atoms with Gasteiger partial charge < -0.3 is 10.1 Å². The van der Waals surface area contributed by atoms with E-state index in [-0.39, 0.29) is 5.91 Å². The first-order valence-corrected chi connectivity index (χ1v) is 7.08. The maximum absolute atomic E-state index is 12.1. The molecule has 2 rings (SSSR count). The van der Waals surface area contributed by atoms with Crippen LogP contribution in [0.5, 0.6) is 0 Å². The smallest absolute Gasteiger partial charge is 0.321 e. The summed E-state index contributed by atoms with van der Waals surface area (Å²) < 4.78 is 5.92. The molecule has 1 aromatic carbocycles. The summed E-state index contributed by atoms with van der Waals surface area (Å²) in [5.41, 5.74) is 0.0598. The number of amides is 1. The monoisotopic (exact) mass is 325 g/mol. The number of carbonyl (C=O) groups excluding carboxylic acids is 2. The summed E-state index contributed by atoms with van der Waals surface area (Å²) in [6.45, 7) is 2.46. The van der Waals surface area contributed by atoms with E-state index in [1.165, 1.54) is 0 Å². The third-order valence-electron chi connectivity index (χ3n) is 3.19. The number of hydrogen-bond acceptors (Lipinski definition) is 3. The fraction of sp³-hybridized carbons (Fsp3) is 0.429. The molecular formula is C14H16BrNO3. The lowest BCUT2D eigenvalue weighted by Crippen LogP contribution is -2.37. The van der Waals surface area contributed by atoms with Crippen molar-refractivity contribution in [2.75, 3.05) is 6.61 Å². The molecule has 0 bridgehead atoms. The normalized spacial score (nSPS) is 15.7. The van der Waals surface area contributed by atoms with Crippen LogP contribution in [-0.2, 0) is 20.9 Å². The van der Waals surface area contributed by atoms with Gasteiger partial charge in [0, 0.05) is 11.0 Å². The van der Waals surface area contributed by atoms with Crippen molar-refractivity contribution in [2.45, 2.75) is 26.3 Å². The van der Waals surface area contributed by atoms with Crippen LogP contribution in [0.3, 0.4) is 0 Å². The van der Waals surface area contributed by atoms with Gasteiger partial charge in [-0.1, -0.05) is 28.1 Å². The van der Waals surface area contributed by atoms with Gasteiger partial charge in [-0.15, -0.1) is 0 Å². The van der Waals surface area contributed by atoms with Gasteiger partial charge in [-0.25, -0.2) is 0 Å². The number of halogens is 1. The topological polar surface area (TPSA) is 55.4 Å². The van der Waals surface area contributed by atoms with Crippen LogP contribution >= 0.6 is 15.9 Å². The van der Waals surface area contributed by atoms with E-state index in [4.69, 9.17) is 4.74 Å². The number of hydrogen-bond donors (Lipinski definition) is 1. The first kappa shape index (κ1) is 14.1. The SMILES string of the molecule is CCOC(=O)C1(C(=O)NCc2cccc(Br)c2)CC1. The van der Waals surface area contributed by atoms with E-state index >= 15 is 0 Å². The van der Waals surface area contributed by atoms with E-state index in [2.05, 4.69) is 21.2 Å². The first-order chi connectivity index (χ1) is 9.08. The highest BCUT2D eigenvalue weighted by Crippen LogP contribution is 2.47. The van der Waals surface area contributed by atoms with Crippen molar-refractivity contribution in [1.82, 2.24) is 5.32 Å². The van der Waals surface area contributed by atoms with Gasteiger partial charge in [0.05, 0.1) is 6.61 Å². The molecule has 1 saturated carbocycles. The Hall–Kier alpha value is -1.36. The molecule has 1 aromatic rings. The zero-order chi connectivity index (χ0) is 13.9. The van der Waals surface area contributed by atoms with Gasteiger partial charge in [0.25, 0.3) is 0 Å². The Morgan fingerprint density at radius 2 is 2.16 bits per heavy atom. The minimum atomic E-state index is -0.929. The van der Waals surface area contributed by atoms with Crippen LogP contribution in [0, 0.1) is 5.41 Å². The van der Waals surface area contributed by atoms with Crippen LogP contribution in [0.25, 0.3) is 0 Å². The molecule has 0 unspecified atom stereocenters. The number of ether oxygens (including phenoxy) is 1. The predicted molar refractivity (Wildman–Crippen MR) is 74.3 cm³/mol. The standard InChI is InChI=1S/C14H16BrNO3/c1-2-19-13(18)14(6-7-14)12(17)16-9-10-4-3-5-11(15)8-10/h3-5,8H,2,6-7,9H2,1H3,(H,16,17). The van der Waals surface area contributed by atoms with Crippen LogP contribution in [0.15, 0.2) is 28.7 Å². The maximum Gasteiger partial charge on any atom is 0.321 e. The number of carbonyl (C=O) groups is 2. The minimum absolute atomic E-state index is 0.231. The maximum atomic E-state index is 12.1. The molecule has 0 aliphatic heterocycles. The largest absolute Gasteiger partial charge is 0.465 e. The molecule has 102 valence electrons. The quantitative estimate of drug-likeness (QED) is 0.668. The molecule has 4 nitrogen and oxygen atoms in total. The highest BCUT2D eigenvalue weighted by Gasteiger charge is 2.57. The molecule has 19 heavy (non-hydrogen) atoms. The molecule has 0 heterocycles. The molecule has 1 amide bonds. The lowest BCUT2D eigenvalue weighted by molar-refractivity contribution is -0.154. The van der Waals surface area contributed by atoms with Crippen LogP contribution in [0.4, 0.5) is 0 Å². The summed E-state index contributed by atoms with van der Waals surface area (Å²) in [5, 5.41) is 2.81. The van der Waals surface area contributed by atoms with Crippen molar-refractivity contribution in [3.05, 3.63) is 34.3 Å². The van der Waals surface area contributed by atoms with E-state index in [0.29, 0.717) is 26.0 Å². The second kappa shape index (κ2) is 5.74. The number of benzene rings is 1. The molecule has 1 N–H and O–H groups in total. The number of rotatable bonds is 5. The average Bonchev–Trinajstić information content (AvgIpc) is 3.18. The van der Waals surface area contributed by atoms with E-state index in [9.17, 15) is 9.59 Å². The molecule has 0 saturated heterocycles. The summed E-state index contributed by atoms with van der Waals surface area (Å²) in [6.07, 6.45) is 1.16. The highest BCUT2D eigenvalue weighted by atomic mass is 79.9. The van der Waals surface area contributed by atoms with Gasteiger partial charge in [-0.3, -0.25) is 9.59 Å². The van der Waals surface area contributed by atoms with Crippen molar-refractivity contribution < 1.29 is 14.3 Å². The molecule has 0 atom stereocenters. The zero-order valence-electron chi connectivity index (χ0n) is 10.7. The van der Waals surface area contributed by atoms with E-state index in [1.54, 1.807) is 6.92 Å². The molecule has 1 fully saturated rings. The van der Waals surface area contributed by atoms with Crippen molar-refractivity contribution in [3.8, 4) is 0 Å². The van der Waals surface area contributed by atoms with Gasteiger partial charge >= 0.3 is 5.97 Å². The summed E-state index contributed by atoms with van der Waals surface area (Å²) in [7, 11) is 0. The Bertz CT molecular complexity index is 497. The van der Waals surface area contributed by atoms with Gasteiger partial charge in [-0.2, -0.15) is 0 Å². The average molecular weight is 326 g/mol. The van der Waals surface area contributed by atoms with Crippen LogP contribution in [-0.4, -0.2) is 18.5 Å². The van der Waals surface area contributed by atoms with E-state index in [0.717, 1.165) is 10.0 Å². The van der Waals surface area contributed by atoms with Crippen LogP contribution in [0.1, 0.15) is 25.3 Å². The lowest BCUT2D eigenvalue weighted by Gasteiger charge is -2.14. The van der Waals surface area contributed by atoms with Crippen molar-refractivity contribution in [3.63, 3.8) is 0 Å². The Morgan fingerprint density at radius 3 is 2.74 bits per heavy atom. The molecule has 1 aliphatic rings. The van der Waals surface area contributed by atoms with Gasteiger partial charge in [-0.05, 0) is 37.5 Å².